The quantitative estimate of drug-likeness (QED) is 0.328. The van der Waals surface area contributed by atoms with E-state index in [0.717, 1.165) is 50.0 Å². The summed E-state index contributed by atoms with van der Waals surface area (Å²) in [5.41, 5.74) is 4.28. The number of aromatic nitrogens is 7. The zero-order valence-corrected chi connectivity index (χ0v) is 20.0. The highest BCUT2D eigenvalue weighted by molar-refractivity contribution is 5.97. The molecule has 2 aliphatic rings. The average Bonchev–Trinajstić information content (AvgIpc) is 3.54. The molecule has 5 aromatic rings. The Morgan fingerprint density at radius 2 is 1.95 bits per heavy atom. The van der Waals surface area contributed by atoms with E-state index in [2.05, 4.69) is 40.3 Å². The highest BCUT2D eigenvalue weighted by Crippen LogP contribution is 2.35. The van der Waals surface area contributed by atoms with Gasteiger partial charge in [0.25, 0.3) is 0 Å². The molecule has 7 rings (SSSR count). The second-order valence-electron chi connectivity index (χ2n) is 9.67. The number of fused-ring (bicyclic) bond motifs is 2. The van der Waals surface area contributed by atoms with Crippen LogP contribution >= 0.6 is 0 Å². The van der Waals surface area contributed by atoms with E-state index in [1.807, 2.05) is 6.07 Å². The standard InChI is InChI=1S/C26H24FN9O/c27-20-19-17(13-30-21(20)15-10-16(12-28-11-15)31-26(37)14-4-5-14)34-35-23(19)25-32-22-18(6-7-29-24(22)33-25)36-8-2-1-3-9-36/h6-7,10-14H,1-5,8-9H2,(H,31,37)(H,34,35)(H,29,32,33). The van der Waals surface area contributed by atoms with Gasteiger partial charge in [0.15, 0.2) is 17.3 Å². The van der Waals surface area contributed by atoms with Gasteiger partial charge in [-0.1, -0.05) is 0 Å². The van der Waals surface area contributed by atoms with Gasteiger partial charge < -0.3 is 15.2 Å². The number of piperidine rings is 1. The lowest BCUT2D eigenvalue weighted by Gasteiger charge is -2.28. The van der Waals surface area contributed by atoms with Crippen LogP contribution in [-0.4, -0.2) is 54.1 Å². The molecule has 1 amide bonds. The van der Waals surface area contributed by atoms with E-state index in [1.165, 1.54) is 12.6 Å². The number of imidazole rings is 1. The number of rotatable bonds is 5. The van der Waals surface area contributed by atoms with Crippen molar-refractivity contribution in [1.29, 1.82) is 0 Å². The van der Waals surface area contributed by atoms with Crippen LogP contribution in [-0.2, 0) is 4.79 Å². The number of halogens is 1. The maximum absolute atomic E-state index is 16.0. The van der Waals surface area contributed by atoms with Crippen LogP contribution in [0, 0.1) is 11.7 Å². The fourth-order valence-corrected chi connectivity index (χ4v) is 4.98. The van der Waals surface area contributed by atoms with Gasteiger partial charge in [-0.2, -0.15) is 5.10 Å². The largest absolute Gasteiger partial charge is 0.370 e. The van der Waals surface area contributed by atoms with Crippen LogP contribution in [0.4, 0.5) is 15.8 Å². The van der Waals surface area contributed by atoms with Gasteiger partial charge in [-0.05, 0) is 44.2 Å². The number of aromatic amines is 2. The summed E-state index contributed by atoms with van der Waals surface area (Å²) in [5.74, 6) is -0.101. The van der Waals surface area contributed by atoms with Gasteiger partial charge in [0.1, 0.15) is 16.9 Å². The summed E-state index contributed by atoms with van der Waals surface area (Å²) in [4.78, 5) is 35.5. The minimum Gasteiger partial charge on any atom is -0.370 e. The molecule has 1 saturated carbocycles. The Balaban J connectivity index is 1.29. The number of nitrogens with one attached hydrogen (secondary N) is 3. The summed E-state index contributed by atoms with van der Waals surface area (Å²) < 4.78 is 16.0. The number of carbonyl (C=O) groups is 1. The summed E-state index contributed by atoms with van der Waals surface area (Å²) >= 11 is 0. The number of hydrogen-bond acceptors (Lipinski definition) is 7. The molecular formula is C26H24FN9O. The molecule has 0 spiro atoms. The maximum atomic E-state index is 16.0. The Labute approximate surface area is 210 Å². The van der Waals surface area contributed by atoms with Crippen molar-refractivity contribution >= 4 is 39.3 Å². The molecule has 0 aromatic carbocycles. The number of pyridine rings is 3. The van der Waals surface area contributed by atoms with Crippen molar-refractivity contribution in [2.45, 2.75) is 32.1 Å². The Morgan fingerprint density at radius 3 is 2.78 bits per heavy atom. The zero-order chi connectivity index (χ0) is 24.9. The summed E-state index contributed by atoms with van der Waals surface area (Å²) in [6.45, 7) is 1.95. The van der Waals surface area contributed by atoms with Gasteiger partial charge in [-0.25, -0.2) is 14.4 Å². The van der Waals surface area contributed by atoms with E-state index in [1.54, 1.807) is 24.7 Å². The molecule has 5 aromatic heterocycles. The number of anilines is 2. The van der Waals surface area contributed by atoms with E-state index >= 15 is 4.39 Å². The molecule has 1 saturated heterocycles. The van der Waals surface area contributed by atoms with Crippen LogP contribution < -0.4 is 10.2 Å². The average molecular weight is 498 g/mol. The van der Waals surface area contributed by atoms with Crippen LogP contribution in [0.5, 0.6) is 0 Å². The van der Waals surface area contributed by atoms with Crippen LogP contribution in [0.3, 0.4) is 0 Å². The van der Waals surface area contributed by atoms with E-state index < -0.39 is 5.82 Å². The first-order valence-corrected chi connectivity index (χ1v) is 12.5. The summed E-state index contributed by atoms with van der Waals surface area (Å²) in [7, 11) is 0. The van der Waals surface area contributed by atoms with Gasteiger partial charge in [-0.15, -0.1) is 0 Å². The highest BCUT2D eigenvalue weighted by atomic mass is 19.1. The normalized spacial score (nSPS) is 16.0. The van der Waals surface area contributed by atoms with Crippen molar-refractivity contribution in [2.75, 3.05) is 23.3 Å². The van der Waals surface area contributed by atoms with Crippen LogP contribution in [0.2, 0.25) is 0 Å². The number of nitrogens with zero attached hydrogens (tertiary/aromatic N) is 6. The summed E-state index contributed by atoms with van der Waals surface area (Å²) in [6, 6.07) is 3.66. The molecule has 3 N–H and O–H groups in total. The first-order chi connectivity index (χ1) is 18.2. The molecule has 10 nitrogen and oxygen atoms in total. The van der Waals surface area contributed by atoms with Crippen molar-refractivity contribution in [2.24, 2.45) is 5.92 Å². The second-order valence-corrected chi connectivity index (χ2v) is 9.67. The van der Waals surface area contributed by atoms with Gasteiger partial charge >= 0.3 is 0 Å². The van der Waals surface area contributed by atoms with Gasteiger partial charge in [0.2, 0.25) is 5.91 Å². The molecule has 2 fully saturated rings. The van der Waals surface area contributed by atoms with E-state index in [4.69, 9.17) is 4.98 Å². The molecular weight excluding hydrogens is 473 g/mol. The third-order valence-corrected chi connectivity index (χ3v) is 7.06. The topological polar surface area (TPSA) is 128 Å². The van der Waals surface area contributed by atoms with Gasteiger partial charge in [0.05, 0.1) is 34.7 Å². The second kappa shape index (κ2) is 8.61. The Morgan fingerprint density at radius 1 is 1.08 bits per heavy atom. The van der Waals surface area contributed by atoms with Crippen molar-refractivity contribution in [1.82, 2.24) is 35.1 Å². The third-order valence-electron chi connectivity index (χ3n) is 7.06. The molecule has 6 heterocycles. The zero-order valence-electron chi connectivity index (χ0n) is 20.0. The molecule has 37 heavy (non-hydrogen) atoms. The maximum Gasteiger partial charge on any atom is 0.227 e. The van der Waals surface area contributed by atoms with Crippen LogP contribution in [0.25, 0.3) is 44.8 Å². The van der Waals surface area contributed by atoms with E-state index in [9.17, 15) is 4.79 Å². The van der Waals surface area contributed by atoms with Crippen LogP contribution in [0.15, 0.2) is 36.9 Å². The summed E-state index contributed by atoms with van der Waals surface area (Å²) in [5, 5.41) is 10.4. The van der Waals surface area contributed by atoms with Crippen molar-refractivity contribution in [3.63, 3.8) is 0 Å². The molecule has 0 radical (unpaired) electrons. The number of hydrogen-bond donors (Lipinski definition) is 3. The fraction of sp³-hybridized carbons (Fsp3) is 0.308. The highest BCUT2D eigenvalue weighted by Gasteiger charge is 2.30. The van der Waals surface area contributed by atoms with Crippen LogP contribution in [0.1, 0.15) is 32.1 Å². The summed E-state index contributed by atoms with van der Waals surface area (Å²) in [6.07, 6.45) is 11.7. The van der Waals surface area contributed by atoms with Gasteiger partial charge in [-0.3, -0.25) is 19.9 Å². The first-order valence-electron chi connectivity index (χ1n) is 12.5. The van der Waals surface area contributed by atoms with E-state index in [0.29, 0.717) is 33.9 Å². The van der Waals surface area contributed by atoms with Crippen molar-refractivity contribution in [3.05, 3.63) is 42.7 Å². The fourth-order valence-electron chi connectivity index (χ4n) is 4.98. The van der Waals surface area contributed by atoms with Crippen molar-refractivity contribution < 1.29 is 9.18 Å². The Kier molecular flexibility index (Phi) is 5.08. The number of amides is 1. The third kappa shape index (κ3) is 3.87. The molecule has 1 aliphatic carbocycles. The van der Waals surface area contributed by atoms with Crippen molar-refractivity contribution in [3.8, 4) is 22.8 Å². The lowest BCUT2D eigenvalue weighted by atomic mass is 10.1. The lowest BCUT2D eigenvalue weighted by molar-refractivity contribution is -0.117. The number of H-pyrrole nitrogens is 2. The molecule has 11 heteroatoms. The molecule has 0 unspecified atom stereocenters. The van der Waals surface area contributed by atoms with Gasteiger partial charge in [0, 0.05) is 37.0 Å². The van der Waals surface area contributed by atoms with E-state index in [-0.39, 0.29) is 22.9 Å². The molecule has 1 aliphatic heterocycles. The lowest BCUT2D eigenvalue weighted by Crippen LogP contribution is -2.29. The predicted octanol–water partition coefficient (Wildman–Crippen LogP) is 4.44. The predicted molar refractivity (Wildman–Crippen MR) is 137 cm³/mol. The minimum atomic E-state index is -0.543. The first kappa shape index (κ1) is 21.8. The Bertz CT molecular complexity index is 1650. The molecule has 0 atom stereocenters. The smallest absolute Gasteiger partial charge is 0.227 e. The Hall–Kier alpha value is -4.41. The molecule has 0 bridgehead atoms. The minimum absolute atomic E-state index is 0.0395. The monoisotopic (exact) mass is 497 g/mol. The SMILES string of the molecule is O=C(Nc1cncc(-c2ncc3[nH]nc(-c4nc5c(N6CCCCC6)ccnc5[nH]4)c3c2F)c1)C1CC1. The number of carbonyl (C=O) groups excluding carboxylic acids is 1. The molecule has 186 valence electrons.